The number of rotatable bonds is 6. The van der Waals surface area contributed by atoms with Crippen LogP contribution in [0.25, 0.3) is 0 Å². The van der Waals surface area contributed by atoms with Crippen LogP contribution in [0.3, 0.4) is 0 Å². The predicted molar refractivity (Wildman–Crippen MR) is 104 cm³/mol. The maximum Gasteiger partial charge on any atom is 0.416 e. The van der Waals surface area contributed by atoms with E-state index >= 15 is 0 Å². The normalized spacial score (nSPS) is 14.6. The average Bonchev–Trinajstić information content (AvgIpc) is 2.72. The molecule has 0 aromatic heterocycles. The Labute approximate surface area is 167 Å². The Morgan fingerprint density at radius 2 is 1.90 bits per heavy atom. The molecule has 3 rings (SSSR count). The Morgan fingerprint density at radius 3 is 2.59 bits per heavy atom. The minimum absolute atomic E-state index is 0.0190. The molecule has 1 aliphatic rings. The summed E-state index contributed by atoms with van der Waals surface area (Å²) in [5.41, 5.74) is 1.11. The number of nitrogens with zero attached hydrogens (tertiary/aromatic N) is 1. The third-order valence-electron chi connectivity index (χ3n) is 4.65. The highest BCUT2D eigenvalue weighted by Crippen LogP contribution is 2.32. The van der Waals surface area contributed by atoms with E-state index in [0.717, 1.165) is 11.8 Å². The van der Waals surface area contributed by atoms with E-state index in [0.29, 0.717) is 37.6 Å². The quantitative estimate of drug-likeness (QED) is 0.721. The molecule has 2 aromatic carbocycles. The molecule has 0 aliphatic carbocycles. The Bertz CT molecular complexity index is 849. The Hall–Kier alpha value is -2.74. The highest BCUT2D eigenvalue weighted by atomic mass is 19.4. The van der Waals surface area contributed by atoms with Crippen LogP contribution in [0.1, 0.15) is 28.4 Å². The standard InChI is InChI=1S/C21H23F3N2O3/c1-2-29-20(27)17-13-16(7-8-19(17)26-9-11-28-12-10-26)25-14-15-5-3-4-6-18(15)21(22,23)24/h3-8,13,25H,2,9-12,14H2,1H3. The summed E-state index contributed by atoms with van der Waals surface area (Å²) < 4.78 is 50.1. The second kappa shape index (κ2) is 9.17. The highest BCUT2D eigenvalue weighted by molar-refractivity contribution is 5.97. The number of halogens is 3. The lowest BCUT2D eigenvalue weighted by Gasteiger charge is -2.30. The van der Waals surface area contributed by atoms with Gasteiger partial charge in [-0.2, -0.15) is 13.2 Å². The largest absolute Gasteiger partial charge is 0.462 e. The van der Waals surface area contributed by atoms with Gasteiger partial charge in [0.1, 0.15) is 0 Å². The van der Waals surface area contributed by atoms with E-state index in [1.165, 1.54) is 12.1 Å². The van der Waals surface area contributed by atoms with Crippen LogP contribution >= 0.6 is 0 Å². The molecule has 0 unspecified atom stereocenters. The molecule has 0 spiro atoms. The van der Waals surface area contributed by atoms with Gasteiger partial charge in [0, 0.05) is 25.3 Å². The number of carbonyl (C=O) groups is 1. The van der Waals surface area contributed by atoms with Gasteiger partial charge in [-0.3, -0.25) is 0 Å². The fourth-order valence-corrected chi connectivity index (χ4v) is 3.25. The van der Waals surface area contributed by atoms with Gasteiger partial charge < -0.3 is 19.7 Å². The van der Waals surface area contributed by atoms with Crippen molar-refractivity contribution in [2.45, 2.75) is 19.6 Å². The highest BCUT2D eigenvalue weighted by Gasteiger charge is 2.32. The molecule has 29 heavy (non-hydrogen) atoms. The van der Waals surface area contributed by atoms with Gasteiger partial charge in [-0.25, -0.2) is 4.79 Å². The van der Waals surface area contributed by atoms with Crippen molar-refractivity contribution in [1.82, 2.24) is 0 Å². The summed E-state index contributed by atoms with van der Waals surface area (Å²) in [4.78, 5) is 14.5. The lowest BCUT2D eigenvalue weighted by atomic mass is 10.1. The number of hydrogen-bond acceptors (Lipinski definition) is 5. The van der Waals surface area contributed by atoms with Crippen molar-refractivity contribution >= 4 is 17.3 Å². The smallest absolute Gasteiger partial charge is 0.416 e. The molecular weight excluding hydrogens is 385 g/mol. The van der Waals surface area contributed by atoms with E-state index in [1.54, 1.807) is 31.2 Å². The first-order valence-corrected chi connectivity index (χ1v) is 9.43. The van der Waals surface area contributed by atoms with Crippen molar-refractivity contribution in [2.24, 2.45) is 0 Å². The van der Waals surface area contributed by atoms with E-state index in [9.17, 15) is 18.0 Å². The SMILES string of the molecule is CCOC(=O)c1cc(NCc2ccccc2C(F)(F)F)ccc1N1CCOCC1. The van der Waals surface area contributed by atoms with Crippen LogP contribution in [0.4, 0.5) is 24.5 Å². The van der Waals surface area contributed by atoms with Crippen LogP contribution in [0.5, 0.6) is 0 Å². The first kappa shape index (κ1) is 21.0. The van der Waals surface area contributed by atoms with Gasteiger partial charge in [0.15, 0.2) is 0 Å². The summed E-state index contributed by atoms with van der Waals surface area (Å²) in [6.07, 6.45) is -4.42. The first-order chi connectivity index (χ1) is 13.9. The topological polar surface area (TPSA) is 50.8 Å². The summed E-state index contributed by atoms with van der Waals surface area (Å²) in [6, 6.07) is 10.6. The number of ether oxygens (including phenoxy) is 2. The summed E-state index contributed by atoms with van der Waals surface area (Å²) >= 11 is 0. The predicted octanol–water partition coefficient (Wildman–Crippen LogP) is 4.33. The summed E-state index contributed by atoms with van der Waals surface area (Å²) in [5.74, 6) is -0.465. The fraction of sp³-hybridized carbons (Fsp3) is 0.381. The summed E-state index contributed by atoms with van der Waals surface area (Å²) in [7, 11) is 0. The van der Waals surface area contributed by atoms with Gasteiger partial charge in [0.25, 0.3) is 0 Å². The van der Waals surface area contributed by atoms with Crippen molar-refractivity contribution in [1.29, 1.82) is 0 Å². The van der Waals surface area contributed by atoms with Crippen molar-refractivity contribution in [3.05, 3.63) is 59.2 Å². The molecule has 1 aliphatic heterocycles. The molecule has 5 nitrogen and oxygen atoms in total. The van der Waals surface area contributed by atoms with E-state index < -0.39 is 17.7 Å². The average molecular weight is 408 g/mol. The van der Waals surface area contributed by atoms with Crippen LogP contribution in [0, 0.1) is 0 Å². The number of benzene rings is 2. The van der Waals surface area contributed by atoms with Crippen LogP contribution in [-0.2, 0) is 22.2 Å². The van der Waals surface area contributed by atoms with Crippen molar-refractivity contribution in [3.63, 3.8) is 0 Å². The van der Waals surface area contributed by atoms with E-state index in [1.807, 2.05) is 4.90 Å². The number of esters is 1. The molecule has 0 radical (unpaired) electrons. The monoisotopic (exact) mass is 408 g/mol. The number of nitrogens with one attached hydrogen (secondary N) is 1. The molecule has 1 N–H and O–H groups in total. The number of carbonyl (C=O) groups excluding carboxylic acids is 1. The van der Waals surface area contributed by atoms with Crippen molar-refractivity contribution < 1.29 is 27.4 Å². The maximum absolute atomic E-state index is 13.2. The molecule has 0 saturated carbocycles. The van der Waals surface area contributed by atoms with E-state index in [-0.39, 0.29) is 18.7 Å². The minimum Gasteiger partial charge on any atom is -0.462 e. The van der Waals surface area contributed by atoms with Crippen LogP contribution in [0.2, 0.25) is 0 Å². The van der Waals surface area contributed by atoms with Crippen LogP contribution in [0.15, 0.2) is 42.5 Å². The summed E-state index contributed by atoms with van der Waals surface area (Å²) in [6.45, 7) is 4.37. The second-order valence-electron chi connectivity index (χ2n) is 6.56. The second-order valence-corrected chi connectivity index (χ2v) is 6.56. The third-order valence-corrected chi connectivity index (χ3v) is 4.65. The zero-order valence-corrected chi connectivity index (χ0v) is 16.1. The number of morpholine rings is 1. The van der Waals surface area contributed by atoms with Crippen LogP contribution in [-0.4, -0.2) is 38.9 Å². The molecule has 8 heteroatoms. The number of anilines is 2. The molecular formula is C21H23F3N2O3. The van der Waals surface area contributed by atoms with Crippen LogP contribution < -0.4 is 10.2 Å². The third kappa shape index (κ3) is 5.20. The molecule has 1 saturated heterocycles. The molecule has 156 valence electrons. The van der Waals surface area contributed by atoms with Crippen molar-refractivity contribution in [3.8, 4) is 0 Å². The molecule has 2 aromatic rings. The van der Waals surface area contributed by atoms with Gasteiger partial charge in [0.05, 0.1) is 36.6 Å². The molecule has 0 bridgehead atoms. The lowest BCUT2D eigenvalue weighted by Crippen LogP contribution is -2.37. The lowest BCUT2D eigenvalue weighted by molar-refractivity contribution is -0.138. The Balaban J connectivity index is 1.83. The Morgan fingerprint density at radius 1 is 1.17 bits per heavy atom. The van der Waals surface area contributed by atoms with Gasteiger partial charge in [0.2, 0.25) is 0 Å². The first-order valence-electron chi connectivity index (χ1n) is 9.43. The maximum atomic E-state index is 13.2. The van der Waals surface area contributed by atoms with Gasteiger partial charge in [-0.1, -0.05) is 18.2 Å². The van der Waals surface area contributed by atoms with Gasteiger partial charge >= 0.3 is 12.1 Å². The van der Waals surface area contributed by atoms with E-state index in [2.05, 4.69) is 5.32 Å². The number of alkyl halides is 3. The zero-order chi connectivity index (χ0) is 20.9. The van der Waals surface area contributed by atoms with Gasteiger partial charge in [-0.15, -0.1) is 0 Å². The van der Waals surface area contributed by atoms with Crippen molar-refractivity contribution in [2.75, 3.05) is 43.1 Å². The molecule has 0 atom stereocenters. The fourth-order valence-electron chi connectivity index (χ4n) is 3.25. The molecule has 1 fully saturated rings. The summed E-state index contributed by atoms with van der Waals surface area (Å²) in [5, 5.41) is 2.99. The van der Waals surface area contributed by atoms with E-state index in [4.69, 9.17) is 9.47 Å². The van der Waals surface area contributed by atoms with Gasteiger partial charge in [-0.05, 0) is 36.8 Å². The zero-order valence-electron chi connectivity index (χ0n) is 16.1. The number of hydrogen-bond donors (Lipinski definition) is 1. The molecule has 0 amide bonds. The molecule has 1 heterocycles. The minimum atomic E-state index is -4.42. The Kier molecular flexibility index (Phi) is 6.64.